The van der Waals surface area contributed by atoms with Crippen molar-refractivity contribution < 1.29 is 14.3 Å². The van der Waals surface area contributed by atoms with Crippen molar-refractivity contribution in [1.29, 1.82) is 0 Å². The van der Waals surface area contributed by atoms with Gasteiger partial charge in [-0.15, -0.1) is 0 Å². The van der Waals surface area contributed by atoms with E-state index in [0.29, 0.717) is 13.1 Å². The minimum absolute atomic E-state index is 0.251. The number of carbonyl (C=O) groups is 1. The summed E-state index contributed by atoms with van der Waals surface area (Å²) in [7, 11) is 0. The molecule has 1 N–H and O–H groups in total. The molecule has 0 radical (unpaired) electrons. The largest absolute Gasteiger partial charge is 0.480 e. The number of halogens is 1. The Bertz CT molecular complexity index is 728. The number of carboxylic acid groups (broad SMARTS) is 1. The summed E-state index contributed by atoms with van der Waals surface area (Å²) in [6.07, 6.45) is 2.96. The van der Waals surface area contributed by atoms with Gasteiger partial charge in [0.05, 0.1) is 0 Å². The van der Waals surface area contributed by atoms with Crippen LogP contribution in [0, 0.1) is 5.82 Å². The number of aliphatic carboxylic acids is 1. The number of likely N-dealkylation sites (tertiary alicyclic amines) is 1. The second kappa shape index (κ2) is 7.36. The number of rotatable bonds is 5. The van der Waals surface area contributed by atoms with Gasteiger partial charge < -0.3 is 5.11 Å². The molecule has 3 nitrogen and oxygen atoms in total. The molecule has 1 saturated heterocycles. The van der Waals surface area contributed by atoms with Crippen LogP contribution >= 0.6 is 0 Å². The van der Waals surface area contributed by atoms with Crippen LogP contribution in [0.4, 0.5) is 4.39 Å². The molecule has 4 heteroatoms. The third kappa shape index (κ3) is 3.07. The first kappa shape index (κ1) is 17.6. The highest BCUT2D eigenvalue weighted by atomic mass is 19.1. The van der Waals surface area contributed by atoms with Gasteiger partial charge in [0.2, 0.25) is 0 Å². The van der Waals surface area contributed by atoms with E-state index in [1.54, 1.807) is 18.2 Å². The van der Waals surface area contributed by atoms with Crippen molar-refractivity contribution in [2.45, 2.75) is 37.6 Å². The Kier molecular flexibility index (Phi) is 5.19. The van der Waals surface area contributed by atoms with Crippen LogP contribution in [0.5, 0.6) is 0 Å². The molecule has 0 bridgehead atoms. The van der Waals surface area contributed by atoms with Gasteiger partial charge in [0, 0.05) is 11.5 Å². The average Bonchev–Trinajstić information content (AvgIpc) is 2.65. The maximum Gasteiger partial charge on any atom is 0.329 e. The molecule has 0 aromatic heterocycles. The van der Waals surface area contributed by atoms with Gasteiger partial charge in [-0.2, -0.15) is 0 Å². The molecule has 1 aliphatic heterocycles. The fourth-order valence-corrected chi connectivity index (χ4v) is 4.11. The zero-order valence-electron chi connectivity index (χ0n) is 14.5. The molecule has 2 aromatic rings. The molecule has 132 valence electrons. The van der Waals surface area contributed by atoms with Crippen molar-refractivity contribution in [2.24, 2.45) is 0 Å². The maximum absolute atomic E-state index is 14.8. The Hall–Kier alpha value is -2.20. The Labute approximate surface area is 148 Å². The van der Waals surface area contributed by atoms with E-state index < -0.39 is 17.3 Å². The number of hydrogen-bond acceptors (Lipinski definition) is 2. The van der Waals surface area contributed by atoms with Gasteiger partial charge in [-0.1, -0.05) is 61.9 Å². The van der Waals surface area contributed by atoms with Gasteiger partial charge in [-0.05, 0) is 37.6 Å². The highest BCUT2D eigenvalue weighted by Crippen LogP contribution is 2.44. The molecule has 3 rings (SSSR count). The molecule has 1 heterocycles. The fourth-order valence-electron chi connectivity index (χ4n) is 4.11. The smallest absolute Gasteiger partial charge is 0.329 e. The molecule has 0 amide bonds. The van der Waals surface area contributed by atoms with E-state index in [1.165, 1.54) is 6.07 Å². The maximum atomic E-state index is 14.8. The van der Waals surface area contributed by atoms with Gasteiger partial charge in [-0.3, -0.25) is 4.90 Å². The van der Waals surface area contributed by atoms with Crippen molar-refractivity contribution in [3.8, 4) is 0 Å². The van der Waals surface area contributed by atoms with Gasteiger partial charge in [0.15, 0.2) is 5.54 Å². The molecular weight excluding hydrogens is 317 g/mol. The molecule has 1 unspecified atom stereocenters. The topological polar surface area (TPSA) is 40.5 Å². The van der Waals surface area contributed by atoms with Crippen LogP contribution < -0.4 is 0 Å². The van der Waals surface area contributed by atoms with E-state index in [2.05, 4.69) is 0 Å². The minimum Gasteiger partial charge on any atom is -0.480 e. The highest BCUT2D eigenvalue weighted by Gasteiger charge is 2.52. The lowest BCUT2D eigenvalue weighted by Gasteiger charge is -2.46. The number of nitrogens with zero attached hydrogens (tertiary/aromatic N) is 1. The Balaban J connectivity index is 2.21. The summed E-state index contributed by atoms with van der Waals surface area (Å²) in [5, 5.41) is 10.4. The van der Waals surface area contributed by atoms with E-state index in [1.807, 2.05) is 42.2 Å². The lowest BCUT2D eigenvalue weighted by atomic mass is 9.73. The van der Waals surface area contributed by atoms with E-state index in [-0.39, 0.29) is 11.5 Å². The first-order chi connectivity index (χ1) is 12.1. The number of piperidine rings is 1. The normalized spacial score (nSPS) is 19.1. The lowest BCUT2D eigenvalue weighted by Crippen LogP contribution is -2.57. The highest BCUT2D eigenvalue weighted by molar-refractivity contribution is 5.82. The van der Waals surface area contributed by atoms with E-state index in [9.17, 15) is 14.3 Å². The monoisotopic (exact) mass is 341 g/mol. The Morgan fingerprint density at radius 1 is 1.04 bits per heavy atom. The van der Waals surface area contributed by atoms with E-state index in [4.69, 9.17) is 0 Å². The van der Waals surface area contributed by atoms with Gasteiger partial charge >= 0.3 is 5.97 Å². The zero-order chi connectivity index (χ0) is 17.9. The molecule has 25 heavy (non-hydrogen) atoms. The Morgan fingerprint density at radius 3 is 2.24 bits per heavy atom. The zero-order valence-corrected chi connectivity index (χ0v) is 14.5. The lowest BCUT2D eigenvalue weighted by molar-refractivity contribution is -0.155. The fraction of sp³-hybridized carbons (Fsp3) is 0.381. The molecule has 0 saturated carbocycles. The number of benzene rings is 2. The average molecular weight is 341 g/mol. The Morgan fingerprint density at radius 2 is 1.64 bits per heavy atom. The molecular formula is C21H24FNO2. The second-order valence-electron chi connectivity index (χ2n) is 6.73. The van der Waals surface area contributed by atoms with Crippen LogP contribution in [0.3, 0.4) is 0 Å². The quantitative estimate of drug-likeness (QED) is 0.876. The first-order valence-corrected chi connectivity index (χ1v) is 8.87. The van der Waals surface area contributed by atoms with Crippen LogP contribution in [0.15, 0.2) is 54.6 Å². The third-order valence-electron chi connectivity index (χ3n) is 5.39. The third-order valence-corrected chi connectivity index (χ3v) is 5.39. The number of carboxylic acids is 1. The van der Waals surface area contributed by atoms with Crippen molar-refractivity contribution in [2.75, 3.05) is 13.1 Å². The summed E-state index contributed by atoms with van der Waals surface area (Å²) in [5.74, 6) is -1.84. The standard InChI is InChI=1S/C21H24FNO2/c1-16(17-10-4-2-5-11-17)21(20(24)25,23-14-8-3-9-15-23)18-12-6-7-13-19(18)22/h2,4-7,10-13,16H,3,8-9,14-15H2,1H3,(H,24,25)/t16-,21?/m0/s1. The molecule has 2 aromatic carbocycles. The van der Waals surface area contributed by atoms with E-state index in [0.717, 1.165) is 24.8 Å². The molecule has 1 aliphatic rings. The van der Waals surface area contributed by atoms with Gasteiger partial charge in [0.25, 0.3) is 0 Å². The van der Waals surface area contributed by atoms with Gasteiger partial charge in [-0.25, -0.2) is 9.18 Å². The molecule has 0 aliphatic carbocycles. The van der Waals surface area contributed by atoms with Crippen LogP contribution in [0.1, 0.15) is 43.2 Å². The summed E-state index contributed by atoms with van der Waals surface area (Å²) in [5.41, 5.74) is -0.257. The van der Waals surface area contributed by atoms with Crippen molar-refractivity contribution >= 4 is 5.97 Å². The summed E-state index contributed by atoms with van der Waals surface area (Å²) < 4.78 is 14.8. The summed E-state index contributed by atoms with van der Waals surface area (Å²) >= 11 is 0. The van der Waals surface area contributed by atoms with Crippen LogP contribution in [-0.2, 0) is 10.3 Å². The first-order valence-electron chi connectivity index (χ1n) is 8.87. The molecule has 1 fully saturated rings. The van der Waals surface area contributed by atoms with Gasteiger partial charge in [0.1, 0.15) is 5.82 Å². The van der Waals surface area contributed by atoms with Crippen LogP contribution in [-0.4, -0.2) is 29.1 Å². The van der Waals surface area contributed by atoms with Crippen molar-refractivity contribution in [3.05, 3.63) is 71.5 Å². The van der Waals surface area contributed by atoms with Crippen LogP contribution in [0.2, 0.25) is 0 Å². The second-order valence-corrected chi connectivity index (χ2v) is 6.73. The molecule has 0 spiro atoms. The summed E-state index contributed by atoms with van der Waals surface area (Å²) in [4.78, 5) is 14.6. The predicted molar refractivity (Wildman–Crippen MR) is 96.0 cm³/mol. The SMILES string of the molecule is C[C@@H](c1ccccc1)C(C(=O)O)(c1ccccc1F)N1CCCCC1. The van der Waals surface area contributed by atoms with Crippen molar-refractivity contribution in [3.63, 3.8) is 0 Å². The summed E-state index contributed by atoms with van der Waals surface area (Å²) in [6, 6.07) is 15.9. The van der Waals surface area contributed by atoms with Crippen molar-refractivity contribution in [1.82, 2.24) is 4.90 Å². The van der Waals surface area contributed by atoms with E-state index >= 15 is 0 Å². The predicted octanol–water partition coefficient (Wildman–Crippen LogP) is 4.40. The summed E-state index contributed by atoms with van der Waals surface area (Å²) in [6.45, 7) is 3.22. The molecule has 2 atom stereocenters. The van der Waals surface area contributed by atoms with Crippen LogP contribution in [0.25, 0.3) is 0 Å². The number of hydrogen-bond donors (Lipinski definition) is 1. The minimum atomic E-state index is -1.41.